The van der Waals surface area contributed by atoms with Gasteiger partial charge in [0.2, 0.25) is 0 Å². The van der Waals surface area contributed by atoms with Crippen LogP contribution in [0.25, 0.3) is 0 Å². The van der Waals surface area contributed by atoms with Gasteiger partial charge in [-0.2, -0.15) is 0 Å². The number of rotatable bonds is 6. The van der Waals surface area contributed by atoms with E-state index in [-0.39, 0.29) is 11.8 Å². The highest BCUT2D eigenvalue weighted by molar-refractivity contribution is 7.11. The first-order valence-electron chi connectivity index (χ1n) is 11.7. The summed E-state index contributed by atoms with van der Waals surface area (Å²) in [4.78, 5) is 32.6. The molecule has 1 aromatic heterocycles. The Morgan fingerprint density at radius 3 is 2.55 bits per heavy atom. The van der Waals surface area contributed by atoms with Crippen LogP contribution >= 0.6 is 22.9 Å². The topological polar surface area (TPSA) is 113 Å². The van der Waals surface area contributed by atoms with Gasteiger partial charge < -0.3 is 19.9 Å². The molecule has 0 radical (unpaired) electrons. The Balaban J connectivity index is 0.000000396. The number of ether oxygens (including phenoxy) is 2. The van der Waals surface area contributed by atoms with Crippen LogP contribution in [-0.4, -0.2) is 86.2 Å². The van der Waals surface area contributed by atoms with E-state index >= 15 is 0 Å². The molecule has 4 rings (SSSR count). The van der Waals surface area contributed by atoms with Crippen molar-refractivity contribution < 1.29 is 28.6 Å². The third-order valence-corrected chi connectivity index (χ3v) is 5.67. The van der Waals surface area contributed by atoms with Gasteiger partial charge in [-0.1, -0.05) is 24.2 Å². The van der Waals surface area contributed by atoms with Crippen molar-refractivity contribution in [1.29, 1.82) is 0 Å². The Hall–Kier alpha value is -2.96. The molecular formula is C26H34ClFN4O5S. The molecule has 2 N–H and O–H groups in total. The van der Waals surface area contributed by atoms with Crippen molar-refractivity contribution in [3.05, 3.63) is 75.1 Å². The lowest BCUT2D eigenvalue weighted by Crippen LogP contribution is -2.43. The lowest BCUT2D eigenvalue weighted by Gasteiger charge is -2.30. The standard InChI is InChI=1S/C15H20N4O3S.C6H4ClF.C4H6O.CH4O/c1-2-22-15(20)11-9-17-13(14-16-3-8-23-14)18-12(11)10-19-4-6-21-7-5-19;7-5-2-1-3-6(8)4-5;1-4(2)3-5;1-2/h3,8H,2,4-7,9-10H2,1H3,(H,17,18);1-4H;3H,1H2,2H3;2H,1H3. The van der Waals surface area contributed by atoms with E-state index in [1.807, 2.05) is 5.38 Å². The molecule has 0 atom stereocenters. The van der Waals surface area contributed by atoms with Crippen molar-refractivity contribution in [2.45, 2.75) is 13.8 Å². The lowest BCUT2D eigenvalue weighted by atomic mass is 10.1. The van der Waals surface area contributed by atoms with Crippen LogP contribution in [0, 0.1) is 5.82 Å². The highest BCUT2D eigenvalue weighted by Crippen LogP contribution is 2.16. The molecule has 0 unspecified atom stereocenters. The van der Waals surface area contributed by atoms with Crippen molar-refractivity contribution >= 4 is 41.0 Å². The lowest BCUT2D eigenvalue weighted by molar-refractivity contribution is -0.138. The van der Waals surface area contributed by atoms with Gasteiger partial charge in [-0.05, 0) is 37.6 Å². The first-order valence-corrected chi connectivity index (χ1v) is 13.0. The number of nitrogens with zero attached hydrogens (tertiary/aromatic N) is 3. The second-order valence-corrected chi connectivity index (χ2v) is 8.93. The molecule has 0 amide bonds. The van der Waals surface area contributed by atoms with E-state index in [0.717, 1.165) is 56.2 Å². The molecule has 2 aliphatic heterocycles. The summed E-state index contributed by atoms with van der Waals surface area (Å²) in [7, 11) is 1.00. The molecule has 0 saturated carbocycles. The van der Waals surface area contributed by atoms with Crippen molar-refractivity contribution in [1.82, 2.24) is 15.2 Å². The summed E-state index contributed by atoms with van der Waals surface area (Å²) in [5.74, 6) is 0.124. The zero-order chi connectivity index (χ0) is 28.3. The average Bonchev–Trinajstić information content (AvgIpc) is 3.46. The van der Waals surface area contributed by atoms with Gasteiger partial charge in [0.15, 0.2) is 10.8 Å². The fourth-order valence-corrected chi connectivity index (χ4v) is 3.73. The number of allylic oxidation sites excluding steroid dienone is 1. The van der Waals surface area contributed by atoms with Crippen molar-refractivity contribution in [2.24, 2.45) is 4.99 Å². The molecule has 12 heteroatoms. The predicted octanol–water partition coefficient (Wildman–Crippen LogP) is 3.49. The summed E-state index contributed by atoms with van der Waals surface area (Å²) in [6.45, 7) is 11.2. The van der Waals surface area contributed by atoms with E-state index in [0.29, 0.717) is 35.9 Å². The maximum atomic E-state index is 12.2. The van der Waals surface area contributed by atoms with E-state index in [1.165, 1.54) is 23.5 Å². The van der Waals surface area contributed by atoms with E-state index < -0.39 is 0 Å². The van der Waals surface area contributed by atoms with Gasteiger partial charge in [-0.25, -0.2) is 14.2 Å². The van der Waals surface area contributed by atoms with Crippen LogP contribution in [-0.2, 0) is 19.1 Å². The van der Waals surface area contributed by atoms with Crippen LogP contribution in [0.2, 0.25) is 5.02 Å². The van der Waals surface area contributed by atoms with Gasteiger partial charge >= 0.3 is 5.97 Å². The normalized spacial score (nSPS) is 14.6. The summed E-state index contributed by atoms with van der Waals surface area (Å²) in [6, 6.07) is 5.82. The van der Waals surface area contributed by atoms with Gasteiger partial charge in [0, 0.05) is 49.0 Å². The minimum atomic E-state index is -0.301. The van der Waals surface area contributed by atoms with E-state index in [2.05, 4.69) is 26.8 Å². The van der Waals surface area contributed by atoms with Gasteiger partial charge in [-0.15, -0.1) is 11.3 Å². The van der Waals surface area contributed by atoms with Crippen LogP contribution < -0.4 is 5.32 Å². The van der Waals surface area contributed by atoms with Crippen molar-refractivity contribution in [3.8, 4) is 0 Å². The predicted molar refractivity (Wildman–Crippen MR) is 148 cm³/mol. The number of aromatic nitrogens is 1. The number of nitrogens with one attached hydrogen (secondary N) is 1. The van der Waals surface area contributed by atoms with E-state index in [9.17, 15) is 14.0 Å². The maximum Gasteiger partial charge on any atom is 0.337 e. The fraction of sp³-hybridized carbons (Fsp3) is 0.385. The quantitative estimate of drug-likeness (QED) is 0.309. The number of carbonyl (C=O) groups excluding carboxylic acids is 2. The first kappa shape index (κ1) is 33.1. The summed E-state index contributed by atoms with van der Waals surface area (Å²) >= 11 is 6.93. The fourth-order valence-electron chi connectivity index (χ4n) is 2.96. The molecule has 1 saturated heterocycles. The molecule has 9 nitrogen and oxygen atoms in total. The number of aliphatic hydroxyl groups excluding tert-OH is 1. The first-order chi connectivity index (χ1) is 18.3. The third kappa shape index (κ3) is 12.5. The summed E-state index contributed by atoms with van der Waals surface area (Å²) < 4.78 is 22.6. The van der Waals surface area contributed by atoms with Crippen LogP contribution in [0.1, 0.15) is 18.9 Å². The number of hydrogen-bond donors (Lipinski definition) is 2. The molecule has 2 aliphatic rings. The van der Waals surface area contributed by atoms with Gasteiger partial charge in [0.05, 0.1) is 31.9 Å². The smallest absolute Gasteiger partial charge is 0.337 e. The van der Waals surface area contributed by atoms with Gasteiger partial charge in [0.25, 0.3) is 0 Å². The number of esters is 1. The van der Waals surface area contributed by atoms with Crippen LogP contribution in [0.3, 0.4) is 0 Å². The number of hydrogen-bond acceptors (Lipinski definition) is 10. The van der Waals surface area contributed by atoms with Crippen molar-refractivity contribution in [3.63, 3.8) is 0 Å². The van der Waals surface area contributed by atoms with Crippen LogP contribution in [0.15, 0.2) is 64.3 Å². The molecule has 3 heterocycles. The Kier molecular flexibility index (Phi) is 16.7. The monoisotopic (exact) mass is 568 g/mol. The van der Waals surface area contributed by atoms with Crippen molar-refractivity contribution in [2.75, 3.05) is 53.1 Å². The highest BCUT2D eigenvalue weighted by Gasteiger charge is 2.25. The van der Waals surface area contributed by atoms with Gasteiger partial charge in [-0.3, -0.25) is 14.7 Å². The second kappa shape index (κ2) is 19.2. The molecule has 1 fully saturated rings. The molecule has 0 spiro atoms. The zero-order valence-electron chi connectivity index (χ0n) is 21.8. The Morgan fingerprint density at radius 1 is 1.37 bits per heavy atom. The zero-order valence-corrected chi connectivity index (χ0v) is 23.4. The number of aldehydes is 1. The number of carbonyl (C=O) groups is 2. The molecule has 208 valence electrons. The second-order valence-electron chi connectivity index (χ2n) is 7.60. The maximum absolute atomic E-state index is 12.2. The summed E-state index contributed by atoms with van der Waals surface area (Å²) in [6.07, 6.45) is 2.47. The number of amidine groups is 1. The highest BCUT2D eigenvalue weighted by atomic mass is 35.5. The van der Waals surface area contributed by atoms with E-state index in [1.54, 1.807) is 32.2 Å². The molecule has 38 heavy (non-hydrogen) atoms. The Labute approximate surface area is 231 Å². The largest absolute Gasteiger partial charge is 0.463 e. The van der Waals surface area contributed by atoms with Crippen LogP contribution in [0.5, 0.6) is 0 Å². The third-order valence-electron chi connectivity index (χ3n) is 4.66. The minimum absolute atomic E-state index is 0.294. The minimum Gasteiger partial charge on any atom is -0.463 e. The molecule has 2 aromatic rings. The summed E-state index contributed by atoms with van der Waals surface area (Å²) in [5, 5.41) is 13.5. The number of morpholine rings is 1. The Bertz CT molecular complexity index is 1060. The molecule has 0 bridgehead atoms. The number of aliphatic hydroxyl groups is 1. The molecular weight excluding hydrogens is 535 g/mol. The summed E-state index contributed by atoms with van der Waals surface area (Å²) in [5.41, 5.74) is 2.02. The Morgan fingerprint density at radius 2 is 2.05 bits per heavy atom. The van der Waals surface area contributed by atoms with E-state index in [4.69, 9.17) is 26.2 Å². The SMILES string of the molecule is C=C(C)C=O.CCOC(=O)C1=C(CN2CCOCC2)NC(c2nccs2)=NC1.CO.Fc1cccc(Cl)c1. The number of thiazole rings is 1. The molecule has 0 aliphatic carbocycles. The average molecular weight is 569 g/mol. The van der Waals surface area contributed by atoms with Gasteiger partial charge in [0.1, 0.15) is 12.1 Å². The number of benzene rings is 1. The number of aliphatic imine (C=N–C) groups is 1. The number of halogens is 2. The van der Waals surface area contributed by atoms with Crippen LogP contribution in [0.4, 0.5) is 4.39 Å². The molecule has 1 aromatic carbocycles.